The smallest absolute Gasteiger partial charge is 0.116 e. The number of phenolic OH excluding ortho intramolecular Hbond substituents is 1. The Hall–Kier alpha value is -2.85. The topological polar surface area (TPSA) is 52.2 Å². The molecule has 0 aliphatic carbocycles. The second-order valence-corrected chi connectivity index (χ2v) is 6.64. The number of H-pyrrole nitrogens is 1. The van der Waals surface area contributed by atoms with E-state index in [0.717, 1.165) is 33.9 Å². The van der Waals surface area contributed by atoms with E-state index in [1.165, 1.54) is 5.56 Å². The van der Waals surface area contributed by atoms with Crippen LogP contribution in [0.15, 0.2) is 60.8 Å². The SMILES string of the molecule is CN(C)[C@@H](Cc1ccccc1)c1nccc2c1[nH]c1ccc(O)cc12. The van der Waals surface area contributed by atoms with E-state index < -0.39 is 0 Å². The maximum atomic E-state index is 9.83. The summed E-state index contributed by atoms with van der Waals surface area (Å²) in [6, 6.07) is 18.1. The number of nitrogens with one attached hydrogen (secondary N) is 1. The minimum absolute atomic E-state index is 0.160. The summed E-state index contributed by atoms with van der Waals surface area (Å²) >= 11 is 0. The van der Waals surface area contributed by atoms with E-state index in [0.29, 0.717) is 0 Å². The van der Waals surface area contributed by atoms with E-state index in [2.05, 4.69) is 48.2 Å². The molecule has 25 heavy (non-hydrogen) atoms. The van der Waals surface area contributed by atoms with Crippen molar-refractivity contribution in [3.8, 4) is 5.75 Å². The fourth-order valence-corrected chi connectivity index (χ4v) is 3.45. The van der Waals surface area contributed by atoms with Crippen LogP contribution >= 0.6 is 0 Å². The molecule has 0 aliphatic heterocycles. The van der Waals surface area contributed by atoms with Gasteiger partial charge in [-0.2, -0.15) is 0 Å². The number of aromatic nitrogens is 2. The Balaban J connectivity index is 1.87. The van der Waals surface area contributed by atoms with Crippen molar-refractivity contribution in [2.75, 3.05) is 14.1 Å². The van der Waals surface area contributed by atoms with Crippen LogP contribution in [0.3, 0.4) is 0 Å². The third kappa shape index (κ3) is 2.85. The Morgan fingerprint density at radius 1 is 1.04 bits per heavy atom. The van der Waals surface area contributed by atoms with Crippen LogP contribution in [0.1, 0.15) is 17.3 Å². The number of aromatic hydroxyl groups is 1. The minimum atomic E-state index is 0.160. The van der Waals surface area contributed by atoms with Crippen LogP contribution in [-0.4, -0.2) is 34.1 Å². The van der Waals surface area contributed by atoms with Gasteiger partial charge in [-0.1, -0.05) is 30.3 Å². The van der Waals surface area contributed by atoms with Gasteiger partial charge >= 0.3 is 0 Å². The number of aromatic amines is 1. The predicted molar refractivity (Wildman–Crippen MR) is 102 cm³/mol. The Labute approximate surface area is 146 Å². The average molecular weight is 331 g/mol. The highest BCUT2D eigenvalue weighted by Crippen LogP contribution is 2.33. The van der Waals surface area contributed by atoms with E-state index in [-0.39, 0.29) is 11.8 Å². The van der Waals surface area contributed by atoms with Gasteiger partial charge in [0.05, 0.1) is 17.3 Å². The lowest BCUT2D eigenvalue weighted by Gasteiger charge is -2.24. The molecule has 0 unspecified atom stereocenters. The quantitative estimate of drug-likeness (QED) is 0.587. The molecule has 0 aliphatic rings. The fraction of sp³-hybridized carbons (Fsp3) is 0.190. The van der Waals surface area contributed by atoms with Crippen molar-refractivity contribution in [3.63, 3.8) is 0 Å². The monoisotopic (exact) mass is 331 g/mol. The number of pyridine rings is 1. The number of rotatable bonds is 4. The van der Waals surface area contributed by atoms with Crippen molar-refractivity contribution in [3.05, 3.63) is 72.1 Å². The van der Waals surface area contributed by atoms with Gasteiger partial charge in [-0.15, -0.1) is 0 Å². The molecule has 2 heterocycles. The summed E-state index contributed by atoms with van der Waals surface area (Å²) in [4.78, 5) is 10.4. The van der Waals surface area contributed by atoms with Gasteiger partial charge in [-0.05, 0) is 50.3 Å². The molecule has 2 aromatic heterocycles. The summed E-state index contributed by atoms with van der Waals surface area (Å²) in [7, 11) is 4.17. The van der Waals surface area contributed by atoms with Gasteiger partial charge in [0.15, 0.2) is 0 Å². The molecule has 0 radical (unpaired) electrons. The summed E-state index contributed by atoms with van der Waals surface area (Å²) < 4.78 is 0. The van der Waals surface area contributed by atoms with E-state index in [9.17, 15) is 5.11 Å². The van der Waals surface area contributed by atoms with E-state index in [1.807, 2.05) is 24.4 Å². The predicted octanol–water partition coefficient (Wildman–Crippen LogP) is 4.27. The van der Waals surface area contributed by atoms with Crippen LogP contribution < -0.4 is 0 Å². The highest BCUT2D eigenvalue weighted by Gasteiger charge is 2.21. The third-order valence-electron chi connectivity index (χ3n) is 4.74. The summed E-state index contributed by atoms with van der Waals surface area (Å²) in [5, 5.41) is 11.9. The Kier molecular flexibility index (Phi) is 3.90. The summed E-state index contributed by atoms with van der Waals surface area (Å²) in [6.07, 6.45) is 2.75. The molecule has 0 saturated heterocycles. The van der Waals surface area contributed by atoms with Crippen molar-refractivity contribution in [2.45, 2.75) is 12.5 Å². The molecule has 0 fully saturated rings. The second-order valence-electron chi connectivity index (χ2n) is 6.64. The zero-order chi connectivity index (χ0) is 17.4. The number of likely N-dealkylation sites (N-methyl/N-ethyl adjacent to an activating group) is 1. The first-order chi connectivity index (χ1) is 12.1. The molecule has 0 saturated carbocycles. The van der Waals surface area contributed by atoms with Crippen LogP contribution in [0, 0.1) is 0 Å². The second kappa shape index (κ2) is 6.22. The van der Waals surface area contributed by atoms with E-state index in [1.54, 1.807) is 12.1 Å². The minimum Gasteiger partial charge on any atom is -0.508 e. The van der Waals surface area contributed by atoms with E-state index in [4.69, 9.17) is 4.98 Å². The number of hydrogen-bond acceptors (Lipinski definition) is 3. The molecule has 4 rings (SSSR count). The summed E-state index contributed by atoms with van der Waals surface area (Å²) in [6.45, 7) is 0. The zero-order valence-electron chi connectivity index (χ0n) is 14.4. The highest BCUT2D eigenvalue weighted by molar-refractivity contribution is 6.08. The lowest BCUT2D eigenvalue weighted by atomic mass is 10.0. The van der Waals surface area contributed by atoms with E-state index >= 15 is 0 Å². The number of benzene rings is 2. The van der Waals surface area contributed by atoms with Gasteiger partial charge in [0.25, 0.3) is 0 Å². The number of hydrogen-bond donors (Lipinski definition) is 2. The largest absolute Gasteiger partial charge is 0.508 e. The number of fused-ring (bicyclic) bond motifs is 3. The average Bonchev–Trinajstić information content (AvgIpc) is 2.98. The zero-order valence-corrected chi connectivity index (χ0v) is 14.4. The maximum absolute atomic E-state index is 9.83. The van der Waals surface area contributed by atoms with Crippen molar-refractivity contribution in [1.82, 2.24) is 14.9 Å². The molecule has 0 spiro atoms. The lowest BCUT2D eigenvalue weighted by Crippen LogP contribution is -2.23. The molecule has 2 N–H and O–H groups in total. The first-order valence-electron chi connectivity index (χ1n) is 8.43. The van der Waals surface area contributed by atoms with Crippen LogP contribution in [-0.2, 0) is 6.42 Å². The van der Waals surface area contributed by atoms with Gasteiger partial charge in [0, 0.05) is 22.5 Å². The molecule has 0 amide bonds. The summed E-state index contributed by atoms with van der Waals surface area (Å²) in [5.41, 5.74) is 4.37. The molecule has 126 valence electrons. The first kappa shape index (κ1) is 15.7. The van der Waals surface area contributed by atoms with Gasteiger partial charge in [0.1, 0.15) is 5.75 Å². The lowest BCUT2D eigenvalue weighted by molar-refractivity contribution is 0.293. The fourth-order valence-electron chi connectivity index (χ4n) is 3.45. The van der Waals surface area contributed by atoms with Gasteiger partial charge < -0.3 is 15.0 Å². The van der Waals surface area contributed by atoms with Crippen LogP contribution in [0.5, 0.6) is 5.75 Å². The van der Waals surface area contributed by atoms with Crippen molar-refractivity contribution in [1.29, 1.82) is 0 Å². The highest BCUT2D eigenvalue weighted by atomic mass is 16.3. The van der Waals surface area contributed by atoms with Crippen LogP contribution in [0.4, 0.5) is 0 Å². The maximum Gasteiger partial charge on any atom is 0.116 e. The standard InChI is InChI=1S/C21H21N3O/c1-24(2)19(12-14-6-4-3-5-7-14)21-20-16(10-11-22-21)17-13-15(25)8-9-18(17)23-20/h3-11,13,19,23,25H,12H2,1-2H3/t19-/m0/s1. The molecule has 4 heteroatoms. The molecule has 4 nitrogen and oxygen atoms in total. The Bertz CT molecular complexity index is 1020. The normalized spacial score (nSPS) is 12.9. The third-order valence-corrected chi connectivity index (χ3v) is 4.74. The Morgan fingerprint density at radius 2 is 1.84 bits per heavy atom. The molecular weight excluding hydrogens is 310 g/mol. The summed E-state index contributed by atoms with van der Waals surface area (Å²) in [5.74, 6) is 0.278. The first-order valence-corrected chi connectivity index (χ1v) is 8.43. The van der Waals surface area contributed by atoms with Crippen LogP contribution in [0.25, 0.3) is 21.8 Å². The van der Waals surface area contributed by atoms with Crippen molar-refractivity contribution in [2.24, 2.45) is 0 Å². The van der Waals surface area contributed by atoms with Gasteiger partial charge in [0.2, 0.25) is 0 Å². The van der Waals surface area contributed by atoms with Crippen LogP contribution in [0.2, 0.25) is 0 Å². The number of phenols is 1. The van der Waals surface area contributed by atoms with Crippen molar-refractivity contribution >= 4 is 21.8 Å². The molecular formula is C21H21N3O. The molecule has 2 aromatic carbocycles. The Morgan fingerprint density at radius 3 is 2.60 bits per heavy atom. The van der Waals surface area contributed by atoms with Gasteiger partial charge in [-0.25, -0.2) is 0 Å². The molecule has 0 bridgehead atoms. The van der Waals surface area contributed by atoms with Gasteiger partial charge in [-0.3, -0.25) is 4.98 Å². The molecule has 1 atom stereocenters. The number of nitrogens with zero attached hydrogens (tertiary/aromatic N) is 2. The van der Waals surface area contributed by atoms with Crippen molar-refractivity contribution < 1.29 is 5.11 Å². The molecule has 4 aromatic rings.